The van der Waals surface area contributed by atoms with Gasteiger partial charge in [0.2, 0.25) is 0 Å². The number of piperidine rings is 1. The summed E-state index contributed by atoms with van der Waals surface area (Å²) >= 11 is 1.67. The second kappa shape index (κ2) is 6.57. The van der Waals surface area contributed by atoms with E-state index in [0.717, 1.165) is 57.4 Å². The Morgan fingerprint density at radius 3 is 2.88 bits per heavy atom. The van der Waals surface area contributed by atoms with Gasteiger partial charge in [0.05, 0.1) is 19.5 Å². The van der Waals surface area contributed by atoms with E-state index in [2.05, 4.69) is 9.88 Å². The maximum atomic E-state index is 12.4. The second-order valence-electron chi connectivity index (χ2n) is 6.56. The Morgan fingerprint density at radius 1 is 1.29 bits per heavy atom. The SMILES string of the molecule is O=C(c1ccco1)N1CCC2(CC1)COCCN(c1nccs1)C2. The fourth-order valence-electron chi connectivity index (χ4n) is 3.57. The summed E-state index contributed by atoms with van der Waals surface area (Å²) in [4.78, 5) is 21.1. The van der Waals surface area contributed by atoms with E-state index in [-0.39, 0.29) is 11.3 Å². The first-order chi connectivity index (χ1) is 11.8. The van der Waals surface area contributed by atoms with Crippen LogP contribution in [0.5, 0.6) is 0 Å². The molecule has 2 aromatic rings. The van der Waals surface area contributed by atoms with Crippen molar-refractivity contribution in [1.82, 2.24) is 9.88 Å². The number of likely N-dealkylation sites (tertiary alicyclic amines) is 1. The molecule has 2 saturated heterocycles. The fourth-order valence-corrected chi connectivity index (χ4v) is 4.24. The third-order valence-corrected chi connectivity index (χ3v) is 5.81. The fraction of sp³-hybridized carbons (Fsp3) is 0.529. The summed E-state index contributed by atoms with van der Waals surface area (Å²) < 4.78 is 11.1. The Labute approximate surface area is 145 Å². The third kappa shape index (κ3) is 3.06. The van der Waals surface area contributed by atoms with E-state index in [9.17, 15) is 4.79 Å². The zero-order valence-corrected chi connectivity index (χ0v) is 14.3. The number of amides is 1. The van der Waals surface area contributed by atoms with Gasteiger partial charge in [-0.1, -0.05) is 0 Å². The number of rotatable bonds is 2. The van der Waals surface area contributed by atoms with Gasteiger partial charge in [0.25, 0.3) is 5.91 Å². The van der Waals surface area contributed by atoms with Gasteiger partial charge in [0.1, 0.15) is 0 Å². The first kappa shape index (κ1) is 15.7. The Balaban J connectivity index is 1.44. The van der Waals surface area contributed by atoms with Crippen molar-refractivity contribution < 1.29 is 13.9 Å². The molecule has 0 unspecified atom stereocenters. The van der Waals surface area contributed by atoms with Crippen molar-refractivity contribution in [2.24, 2.45) is 5.41 Å². The standard InChI is InChI=1S/C17H21N3O3S/c21-15(14-2-1-9-23-14)19-6-3-17(4-7-19)12-20(8-10-22-13-17)16-18-5-11-24-16/h1-2,5,9,11H,3-4,6-8,10,12-13H2. The molecule has 2 aromatic heterocycles. The van der Waals surface area contributed by atoms with Crippen LogP contribution in [0.3, 0.4) is 0 Å². The summed E-state index contributed by atoms with van der Waals surface area (Å²) in [6.07, 6.45) is 5.29. The molecule has 0 saturated carbocycles. The third-order valence-electron chi connectivity index (χ3n) is 4.97. The van der Waals surface area contributed by atoms with Gasteiger partial charge >= 0.3 is 0 Å². The van der Waals surface area contributed by atoms with E-state index in [4.69, 9.17) is 9.15 Å². The number of aromatic nitrogens is 1. The minimum atomic E-state index is -0.0128. The van der Waals surface area contributed by atoms with Gasteiger partial charge in [0.15, 0.2) is 10.9 Å². The number of hydrogen-bond donors (Lipinski definition) is 0. The highest BCUT2D eigenvalue weighted by Gasteiger charge is 2.40. The van der Waals surface area contributed by atoms with Crippen molar-refractivity contribution in [2.45, 2.75) is 12.8 Å². The van der Waals surface area contributed by atoms with Crippen molar-refractivity contribution in [2.75, 3.05) is 44.3 Å². The molecular formula is C17H21N3O3S. The number of carbonyl (C=O) groups excluding carboxylic acids is 1. The lowest BCUT2D eigenvalue weighted by atomic mass is 9.78. The van der Waals surface area contributed by atoms with Crippen molar-refractivity contribution >= 4 is 22.4 Å². The highest BCUT2D eigenvalue weighted by atomic mass is 32.1. The normalized spacial score (nSPS) is 21.0. The van der Waals surface area contributed by atoms with Gasteiger partial charge in [-0.25, -0.2) is 4.98 Å². The van der Waals surface area contributed by atoms with Gasteiger partial charge in [0, 0.05) is 43.2 Å². The summed E-state index contributed by atoms with van der Waals surface area (Å²) in [7, 11) is 0. The number of furan rings is 1. The van der Waals surface area contributed by atoms with Crippen LogP contribution in [0.2, 0.25) is 0 Å². The second-order valence-corrected chi connectivity index (χ2v) is 7.43. The monoisotopic (exact) mass is 347 g/mol. The van der Waals surface area contributed by atoms with E-state index >= 15 is 0 Å². The van der Waals surface area contributed by atoms with Crippen molar-refractivity contribution in [3.63, 3.8) is 0 Å². The quantitative estimate of drug-likeness (QED) is 0.835. The van der Waals surface area contributed by atoms with Gasteiger partial charge in [-0.2, -0.15) is 0 Å². The molecule has 2 fully saturated rings. The Morgan fingerprint density at radius 2 is 2.17 bits per heavy atom. The summed E-state index contributed by atoms with van der Waals surface area (Å²) in [6.45, 7) is 4.81. The van der Waals surface area contributed by atoms with Crippen LogP contribution < -0.4 is 4.90 Å². The molecule has 0 aliphatic carbocycles. The molecule has 4 rings (SSSR count). The molecule has 0 radical (unpaired) electrons. The first-order valence-corrected chi connectivity index (χ1v) is 9.19. The summed E-state index contributed by atoms with van der Waals surface area (Å²) in [6, 6.07) is 3.48. The number of carbonyl (C=O) groups is 1. The summed E-state index contributed by atoms with van der Waals surface area (Å²) in [5.41, 5.74) is 0.0993. The highest BCUT2D eigenvalue weighted by Crippen LogP contribution is 2.36. The van der Waals surface area contributed by atoms with Crippen LogP contribution in [-0.4, -0.2) is 55.2 Å². The zero-order valence-electron chi connectivity index (χ0n) is 13.5. The van der Waals surface area contributed by atoms with E-state index in [1.165, 1.54) is 0 Å². The summed E-state index contributed by atoms with van der Waals surface area (Å²) in [5.74, 6) is 0.411. The molecule has 1 spiro atoms. The molecule has 7 heteroatoms. The van der Waals surface area contributed by atoms with E-state index in [1.807, 2.05) is 16.5 Å². The zero-order chi connectivity index (χ0) is 16.4. The maximum absolute atomic E-state index is 12.4. The van der Waals surface area contributed by atoms with Gasteiger partial charge in [-0.15, -0.1) is 11.3 Å². The minimum Gasteiger partial charge on any atom is -0.459 e. The molecule has 24 heavy (non-hydrogen) atoms. The topological polar surface area (TPSA) is 58.8 Å². The van der Waals surface area contributed by atoms with E-state index in [1.54, 1.807) is 29.7 Å². The van der Waals surface area contributed by atoms with Crippen LogP contribution in [0.15, 0.2) is 34.4 Å². The average Bonchev–Trinajstić information content (AvgIpc) is 3.29. The number of anilines is 1. The molecule has 0 atom stereocenters. The lowest BCUT2D eigenvalue weighted by Crippen LogP contribution is -2.49. The van der Waals surface area contributed by atoms with Crippen LogP contribution in [0.1, 0.15) is 23.4 Å². The molecule has 4 heterocycles. The van der Waals surface area contributed by atoms with Crippen LogP contribution >= 0.6 is 11.3 Å². The van der Waals surface area contributed by atoms with Crippen LogP contribution in [0.25, 0.3) is 0 Å². The number of nitrogens with zero attached hydrogens (tertiary/aromatic N) is 3. The van der Waals surface area contributed by atoms with Crippen molar-refractivity contribution in [3.05, 3.63) is 35.7 Å². The van der Waals surface area contributed by atoms with Crippen LogP contribution in [-0.2, 0) is 4.74 Å². The van der Waals surface area contributed by atoms with Gasteiger partial charge < -0.3 is 19.0 Å². The van der Waals surface area contributed by atoms with Crippen molar-refractivity contribution in [3.8, 4) is 0 Å². The molecule has 6 nitrogen and oxygen atoms in total. The molecule has 0 aromatic carbocycles. The Bertz CT molecular complexity index is 663. The number of thiazole rings is 1. The molecule has 2 aliphatic heterocycles. The predicted octanol–water partition coefficient (Wildman–Crippen LogP) is 2.50. The number of hydrogen-bond acceptors (Lipinski definition) is 6. The van der Waals surface area contributed by atoms with Crippen molar-refractivity contribution in [1.29, 1.82) is 0 Å². The lowest BCUT2D eigenvalue weighted by molar-refractivity contribution is 0.0196. The Hall–Kier alpha value is -1.86. The van der Waals surface area contributed by atoms with Gasteiger partial charge in [-0.05, 0) is 25.0 Å². The molecule has 0 N–H and O–H groups in total. The number of ether oxygens (including phenoxy) is 1. The average molecular weight is 347 g/mol. The minimum absolute atomic E-state index is 0.0128. The van der Waals surface area contributed by atoms with Crippen LogP contribution in [0, 0.1) is 5.41 Å². The molecule has 128 valence electrons. The smallest absolute Gasteiger partial charge is 0.289 e. The first-order valence-electron chi connectivity index (χ1n) is 8.31. The molecule has 2 aliphatic rings. The predicted molar refractivity (Wildman–Crippen MR) is 91.4 cm³/mol. The summed E-state index contributed by atoms with van der Waals surface area (Å²) in [5, 5.41) is 3.08. The van der Waals surface area contributed by atoms with E-state index in [0.29, 0.717) is 5.76 Å². The lowest BCUT2D eigenvalue weighted by Gasteiger charge is -2.42. The Kier molecular flexibility index (Phi) is 4.28. The van der Waals surface area contributed by atoms with Crippen LogP contribution in [0.4, 0.5) is 5.13 Å². The van der Waals surface area contributed by atoms with Gasteiger partial charge in [-0.3, -0.25) is 4.79 Å². The molecular weight excluding hydrogens is 326 g/mol. The molecule has 0 bridgehead atoms. The highest BCUT2D eigenvalue weighted by molar-refractivity contribution is 7.13. The maximum Gasteiger partial charge on any atom is 0.289 e. The largest absolute Gasteiger partial charge is 0.459 e. The van der Waals surface area contributed by atoms with E-state index < -0.39 is 0 Å². The molecule has 1 amide bonds.